The number of nitriles is 1. The second-order valence-corrected chi connectivity index (χ2v) is 11.7. The van der Waals surface area contributed by atoms with E-state index in [1.54, 1.807) is 35.8 Å². The van der Waals surface area contributed by atoms with E-state index in [1.807, 2.05) is 36.4 Å². The first-order valence-electron chi connectivity index (χ1n) is 12.3. The minimum atomic E-state index is -3.33. The highest BCUT2D eigenvalue weighted by molar-refractivity contribution is 7.88. The molecule has 10 heteroatoms. The molecular weight excluding hydrogens is 500 g/mol. The summed E-state index contributed by atoms with van der Waals surface area (Å²) in [6.07, 6.45) is 8.87. The first-order valence-corrected chi connectivity index (χ1v) is 14.1. The lowest BCUT2D eigenvalue weighted by Gasteiger charge is -2.37. The van der Waals surface area contributed by atoms with Crippen molar-refractivity contribution in [3.05, 3.63) is 84.2 Å². The van der Waals surface area contributed by atoms with Gasteiger partial charge in [-0.15, -0.1) is 0 Å². The average molecular weight is 525 g/mol. The maximum Gasteiger partial charge on any atom is 0.238 e. The molecule has 0 saturated carbocycles. The number of hydrogen-bond donors (Lipinski definition) is 0. The summed E-state index contributed by atoms with van der Waals surface area (Å²) in [7, 11) is -3.33. The number of fused-ring (bicyclic) bond motifs is 3. The summed E-state index contributed by atoms with van der Waals surface area (Å²) in [5, 5.41) is 11.1. The molecule has 0 radical (unpaired) electrons. The zero-order valence-corrected chi connectivity index (χ0v) is 21.5. The van der Waals surface area contributed by atoms with Crippen LogP contribution in [0.3, 0.4) is 0 Å². The summed E-state index contributed by atoms with van der Waals surface area (Å²) in [5.41, 5.74) is 3.48. The van der Waals surface area contributed by atoms with Crippen LogP contribution in [0.2, 0.25) is 0 Å². The van der Waals surface area contributed by atoms with Crippen molar-refractivity contribution in [2.75, 3.05) is 24.2 Å². The summed E-state index contributed by atoms with van der Waals surface area (Å²) >= 11 is 0. The van der Waals surface area contributed by atoms with E-state index in [2.05, 4.69) is 16.0 Å². The van der Waals surface area contributed by atoms with Crippen LogP contribution < -0.4 is 4.90 Å². The average Bonchev–Trinajstić information content (AvgIpc) is 3.15. The van der Waals surface area contributed by atoms with Gasteiger partial charge in [0.05, 0.1) is 35.8 Å². The van der Waals surface area contributed by atoms with Crippen molar-refractivity contribution in [3.63, 3.8) is 0 Å². The van der Waals surface area contributed by atoms with Gasteiger partial charge in [-0.25, -0.2) is 17.7 Å². The normalized spacial score (nSPS) is 17.1. The Morgan fingerprint density at radius 2 is 1.82 bits per heavy atom. The van der Waals surface area contributed by atoms with Crippen molar-refractivity contribution in [1.29, 1.82) is 5.26 Å². The van der Waals surface area contributed by atoms with Crippen molar-refractivity contribution >= 4 is 32.4 Å². The Morgan fingerprint density at radius 3 is 2.53 bits per heavy atom. The van der Waals surface area contributed by atoms with E-state index in [-0.39, 0.29) is 25.5 Å². The van der Waals surface area contributed by atoms with Gasteiger partial charge < -0.3 is 4.90 Å². The number of carbonyl (C=O) groups is 1. The molecule has 4 aromatic rings. The fourth-order valence-corrected chi connectivity index (χ4v) is 6.58. The highest BCUT2D eigenvalue weighted by atomic mass is 32.2. The molecule has 5 heterocycles. The van der Waals surface area contributed by atoms with Gasteiger partial charge in [-0.3, -0.25) is 14.8 Å². The first-order chi connectivity index (χ1) is 18.3. The van der Waals surface area contributed by atoms with E-state index in [4.69, 9.17) is 4.98 Å². The SMILES string of the molecule is CS(=O)(=O)N1CCC2(CC1)C(=O)N(Cc1ncc3ccccc3c1-c1ccc(C#N)nc1)c1cnccc12. The molecule has 190 valence electrons. The van der Waals surface area contributed by atoms with E-state index in [9.17, 15) is 18.5 Å². The molecule has 0 aliphatic carbocycles. The molecule has 6 rings (SSSR count). The molecule has 1 saturated heterocycles. The molecule has 0 atom stereocenters. The number of nitrogens with zero attached hydrogens (tertiary/aromatic N) is 6. The summed E-state index contributed by atoms with van der Waals surface area (Å²) in [4.78, 5) is 29.2. The summed E-state index contributed by atoms with van der Waals surface area (Å²) in [5.74, 6) is -0.0625. The number of hydrogen-bond acceptors (Lipinski definition) is 7. The molecule has 0 bridgehead atoms. The number of aromatic nitrogens is 3. The molecule has 38 heavy (non-hydrogen) atoms. The van der Waals surface area contributed by atoms with Gasteiger partial charge in [0.2, 0.25) is 15.9 Å². The zero-order valence-electron chi connectivity index (χ0n) is 20.7. The number of sulfonamides is 1. The van der Waals surface area contributed by atoms with Crippen LogP contribution in [0.15, 0.2) is 67.3 Å². The number of benzene rings is 1. The van der Waals surface area contributed by atoms with Gasteiger partial charge in [-0.2, -0.15) is 5.26 Å². The third-order valence-electron chi connectivity index (χ3n) is 7.66. The van der Waals surface area contributed by atoms with Gasteiger partial charge in [0, 0.05) is 48.2 Å². The Kier molecular flexibility index (Phi) is 5.70. The Bertz CT molecular complexity index is 1720. The summed E-state index contributed by atoms with van der Waals surface area (Å²) in [6, 6.07) is 15.3. The van der Waals surface area contributed by atoms with Crippen LogP contribution >= 0.6 is 0 Å². The Hall–Kier alpha value is -4.20. The molecule has 1 fully saturated rings. The molecule has 2 aliphatic heterocycles. The number of pyridine rings is 3. The van der Waals surface area contributed by atoms with E-state index in [1.165, 1.54) is 10.6 Å². The van der Waals surface area contributed by atoms with Gasteiger partial charge >= 0.3 is 0 Å². The van der Waals surface area contributed by atoms with Crippen molar-refractivity contribution in [3.8, 4) is 17.2 Å². The molecule has 3 aromatic heterocycles. The van der Waals surface area contributed by atoms with Crippen LogP contribution in [-0.2, 0) is 26.8 Å². The van der Waals surface area contributed by atoms with Crippen LogP contribution in [0.4, 0.5) is 5.69 Å². The fourth-order valence-electron chi connectivity index (χ4n) is 5.73. The second kappa shape index (κ2) is 8.97. The number of piperidine rings is 1. The Balaban J connectivity index is 1.43. The number of amides is 1. The van der Waals surface area contributed by atoms with Crippen molar-refractivity contribution in [2.45, 2.75) is 24.8 Å². The van der Waals surface area contributed by atoms with Gasteiger partial charge in [0.15, 0.2) is 0 Å². The smallest absolute Gasteiger partial charge is 0.238 e. The lowest BCUT2D eigenvalue weighted by atomic mass is 9.74. The van der Waals surface area contributed by atoms with Crippen LogP contribution in [0.25, 0.3) is 21.9 Å². The van der Waals surface area contributed by atoms with Gasteiger partial charge in [0.1, 0.15) is 11.8 Å². The van der Waals surface area contributed by atoms with Crippen molar-refractivity contribution < 1.29 is 13.2 Å². The zero-order chi connectivity index (χ0) is 26.5. The molecular formula is C28H24N6O3S. The molecule has 1 spiro atoms. The highest BCUT2D eigenvalue weighted by Gasteiger charge is 2.53. The van der Waals surface area contributed by atoms with E-state index < -0.39 is 15.4 Å². The maximum atomic E-state index is 14.1. The number of rotatable bonds is 4. The molecule has 0 unspecified atom stereocenters. The predicted molar refractivity (Wildman–Crippen MR) is 142 cm³/mol. The molecule has 1 amide bonds. The topological polar surface area (TPSA) is 120 Å². The van der Waals surface area contributed by atoms with Gasteiger partial charge in [-0.05, 0) is 42.0 Å². The maximum absolute atomic E-state index is 14.1. The lowest BCUT2D eigenvalue weighted by Crippen LogP contribution is -2.49. The molecule has 9 nitrogen and oxygen atoms in total. The fraction of sp³-hybridized carbons (Fsp3) is 0.250. The monoisotopic (exact) mass is 524 g/mol. The quantitative estimate of drug-likeness (QED) is 0.401. The molecule has 2 aliphatic rings. The van der Waals surface area contributed by atoms with E-state index >= 15 is 0 Å². The third-order valence-corrected chi connectivity index (χ3v) is 8.96. The van der Waals surface area contributed by atoms with Crippen LogP contribution in [0, 0.1) is 11.3 Å². The largest absolute Gasteiger partial charge is 0.304 e. The molecule has 1 aromatic carbocycles. The van der Waals surface area contributed by atoms with Crippen molar-refractivity contribution in [1.82, 2.24) is 19.3 Å². The second-order valence-electron chi connectivity index (χ2n) is 9.74. The van der Waals surface area contributed by atoms with E-state index in [0.29, 0.717) is 24.2 Å². The van der Waals surface area contributed by atoms with E-state index in [0.717, 1.165) is 33.2 Å². The summed E-state index contributed by atoms with van der Waals surface area (Å²) < 4.78 is 25.7. The minimum Gasteiger partial charge on any atom is -0.304 e. The molecule has 0 N–H and O–H groups in total. The third kappa shape index (κ3) is 3.83. The van der Waals surface area contributed by atoms with Crippen molar-refractivity contribution in [2.24, 2.45) is 0 Å². The first kappa shape index (κ1) is 24.2. The number of anilines is 1. The van der Waals surface area contributed by atoms with Crippen LogP contribution in [0.1, 0.15) is 29.8 Å². The van der Waals surface area contributed by atoms with Gasteiger partial charge in [0.25, 0.3) is 0 Å². The Morgan fingerprint density at radius 1 is 1.03 bits per heavy atom. The van der Waals surface area contributed by atoms with Gasteiger partial charge in [-0.1, -0.05) is 24.3 Å². The van der Waals surface area contributed by atoms with Crippen LogP contribution in [0.5, 0.6) is 0 Å². The predicted octanol–water partition coefficient (Wildman–Crippen LogP) is 3.40. The minimum absolute atomic E-state index is 0.0625. The standard InChI is InChI=1S/C28H24N6O3S/c1-38(36,37)33-12-9-28(10-13-33)23-8-11-30-17-25(23)34(27(28)35)18-24-26(20-6-7-21(14-29)31-16-20)22-5-3-2-4-19(22)15-32-24/h2-8,11,15-17H,9-10,12-13,18H2,1H3. The highest BCUT2D eigenvalue weighted by Crippen LogP contribution is 2.48. The number of carbonyl (C=O) groups excluding carboxylic acids is 1. The summed E-state index contributed by atoms with van der Waals surface area (Å²) in [6.45, 7) is 0.794. The van der Waals surface area contributed by atoms with Crippen LogP contribution in [-0.4, -0.2) is 52.9 Å². The lowest BCUT2D eigenvalue weighted by molar-refractivity contribution is -0.124. The Labute approximate surface area is 220 Å².